The van der Waals surface area contributed by atoms with Crippen LogP contribution in [0.1, 0.15) is 31.8 Å². The van der Waals surface area contributed by atoms with Gasteiger partial charge in [-0.15, -0.1) is 0 Å². The highest BCUT2D eigenvalue weighted by molar-refractivity contribution is 6.21. The first-order valence-corrected chi connectivity index (χ1v) is 6.01. The minimum Gasteiger partial charge on any atom is -0.288 e. The first kappa shape index (κ1) is 14.0. The third-order valence-electron chi connectivity index (χ3n) is 2.81. The fraction of sp³-hybridized carbons (Fsp3) is 0. The molecule has 1 N–H and O–H groups in total. The number of nitrogens with one attached hydrogen (secondary N) is 1. The van der Waals surface area contributed by atoms with Crippen LogP contribution in [0.25, 0.3) is 0 Å². The van der Waals surface area contributed by atoms with Crippen molar-refractivity contribution in [3.63, 3.8) is 0 Å². The van der Waals surface area contributed by atoms with Gasteiger partial charge in [0.05, 0.1) is 22.3 Å². The van der Waals surface area contributed by atoms with Crippen molar-refractivity contribution >= 4 is 11.8 Å². The summed E-state index contributed by atoms with van der Waals surface area (Å²) in [5.41, 5.74) is 1.81. The highest BCUT2D eigenvalue weighted by Gasteiger charge is 2.25. The van der Waals surface area contributed by atoms with Gasteiger partial charge in [-0.25, -0.2) is 0 Å². The predicted molar refractivity (Wildman–Crippen MR) is 74.1 cm³/mol. The largest absolute Gasteiger partial charge is 0.288 e. The summed E-state index contributed by atoms with van der Waals surface area (Å²) < 4.78 is 0. The van der Waals surface area contributed by atoms with E-state index in [4.69, 9.17) is 10.5 Å². The van der Waals surface area contributed by atoms with Crippen LogP contribution >= 0.6 is 0 Å². The number of rotatable bonds is 0. The zero-order valence-electron chi connectivity index (χ0n) is 10.8. The molecule has 3 rings (SSSR count). The van der Waals surface area contributed by atoms with E-state index < -0.39 is 0 Å². The van der Waals surface area contributed by atoms with Crippen LogP contribution in [0.4, 0.5) is 0 Å². The van der Waals surface area contributed by atoms with Gasteiger partial charge in [-0.3, -0.25) is 14.9 Å². The highest BCUT2D eigenvalue weighted by Crippen LogP contribution is 2.13. The topological polar surface area (TPSA) is 93.8 Å². The molecule has 2 amide bonds. The van der Waals surface area contributed by atoms with Crippen molar-refractivity contribution in [2.75, 3.05) is 0 Å². The van der Waals surface area contributed by atoms with Crippen LogP contribution < -0.4 is 5.32 Å². The quantitative estimate of drug-likeness (QED) is 0.744. The van der Waals surface area contributed by atoms with E-state index in [0.29, 0.717) is 22.3 Å². The Kier molecular flexibility index (Phi) is 4.09. The lowest BCUT2D eigenvalue weighted by Crippen LogP contribution is -2.19. The first-order chi connectivity index (χ1) is 10.2. The van der Waals surface area contributed by atoms with Crippen LogP contribution in [0.3, 0.4) is 0 Å². The van der Waals surface area contributed by atoms with E-state index in [2.05, 4.69) is 5.32 Å². The lowest BCUT2D eigenvalue weighted by molar-refractivity contribution is 0.0879. The van der Waals surface area contributed by atoms with E-state index in [1.54, 1.807) is 48.5 Å². The third-order valence-corrected chi connectivity index (χ3v) is 2.81. The normalized spacial score (nSPS) is 11.3. The number of imide groups is 1. The summed E-state index contributed by atoms with van der Waals surface area (Å²) in [4.78, 5) is 21.9. The van der Waals surface area contributed by atoms with Crippen molar-refractivity contribution in [3.05, 3.63) is 70.8 Å². The molecule has 2 aromatic rings. The van der Waals surface area contributed by atoms with Crippen molar-refractivity contribution < 1.29 is 9.59 Å². The molecule has 5 heteroatoms. The van der Waals surface area contributed by atoms with Crippen molar-refractivity contribution in [3.8, 4) is 12.1 Å². The number of amides is 2. The Morgan fingerprint density at radius 2 is 1.10 bits per heavy atom. The molecule has 1 aliphatic rings. The van der Waals surface area contributed by atoms with Crippen LogP contribution in [0.15, 0.2) is 48.5 Å². The molecule has 0 radical (unpaired) electrons. The molecule has 0 fully saturated rings. The Bertz CT molecular complexity index is 732. The molecule has 2 aromatic carbocycles. The molecule has 0 aromatic heterocycles. The number of hydrogen-bond donors (Lipinski definition) is 1. The number of nitriles is 2. The summed E-state index contributed by atoms with van der Waals surface area (Å²) >= 11 is 0. The molecule has 0 atom stereocenters. The molecule has 0 unspecified atom stereocenters. The second-order valence-electron chi connectivity index (χ2n) is 4.10. The van der Waals surface area contributed by atoms with Crippen LogP contribution in [0.5, 0.6) is 0 Å². The number of benzene rings is 2. The molecule has 1 aliphatic heterocycles. The van der Waals surface area contributed by atoms with Gasteiger partial charge >= 0.3 is 0 Å². The average molecular weight is 275 g/mol. The molecule has 0 spiro atoms. The number of nitrogens with zero attached hydrogens (tertiary/aromatic N) is 2. The van der Waals surface area contributed by atoms with Gasteiger partial charge in [-0.1, -0.05) is 24.3 Å². The molecule has 0 saturated heterocycles. The highest BCUT2D eigenvalue weighted by atomic mass is 16.2. The standard InChI is InChI=1S/C8H4N2.C8H5NO2/c9-5-7-3-1-2-4-8(7)6-10;10-7-5-3-1-2-4-6(5)8(11)9-7/h1-4H;1-4H,(H,9,10,11). The maximum atomic E-state index is 10.9. The van der Waals surface area contributed by atoms with E-state index in [1.165, 1.54) is 0 Å². The van der Waals surface area contributed by atoms with Gasteiger partial charge in [-0.05, 0) is 24.3 Å². The van der Waals surface area contributed by atoms with Crippen LogP contribution in [0.2, 0.25) is 0 Å². The summed E-state index contributed by atoms with van der Waals surface area (Å²) in [5, 5.41) is 19.1. The minimum atomic E-state index is -0.300. The second-order valence-corrected chi connectivity index (χ2v) is 4.10. The average Bonchev–Trinajstić information content (AvgIpc) is 2.83. The van der Waals surface area contributed by atoms with E-state index in [9.17, 15) is 9.59 Å². The van der Waals surface area contributed by atoms with Gasteiger partial charge in [0, 0.05) is 0 Å². The van der Waals surface area contributed by atoms with Crippen LogP contribution in [0, 0.1) is 22.7 Å². The predicted octanol–water partition coefficient (Wildman–Crippen LogP) is 2.00. The molecule has 1 heterocycles. The lowest BCUT2D eigenvalue weighted by Gasteiger charge is -1.88. The minimum absolute atomic E-state index is 0.300. The molecule has 0 bridgehead atoms. The Balaban J connectivity index is 0.000000155. The smallest absolute Gasteiger partial charge is 0.258 e. The van der Waals surface area contributed by atoms with Gasteiger partial charge in [0.25, 0.3) is 11.8 Å². The zero-order chi connectivity index (χ0) is 15.2. The van der Waals surface area contributed by atoms with E-state index in [-0.39, 0.29) is 11.8 Å². The number of carbonyl (C=O) groups excluding carboxylic acids is 2. The molecular weight excluding hydrogens is 266 g/mol. The number of hydrogen-bond acceptors (Lipinski definition) is 4. The van der Waals surface area contributed by atoms with Crippen molar-refractivity contribution in [2.45, 2.75) is 0 Å². The van der Waals surface area contributed by atoms with E-state index in [0.717, 1.165) is 0 Å². The lowest BCUT2D eigenvalue weighted by atomic mass is 10.1. The van der Waals surface area contributed by atoms with E-state index >= 15 is 0 Å². The monoisotopic (exact) mass is 275 g/mol. The Morgan fingerprint density at radius 1 is 0.714 bits per heavy atom. The fourth-order valence-corrected chi connectivity index (χ4v) is 1.80. The van der Waals surface area contributed by atoms with Gasteiger partial charge in [0.15, 0.2) is 0 Å². The summed E-state index contributed by atoms with van der Waals surface area (Å²) in [6, 6.07) is 17.3. The molecule has 0 aliphatic carbocycles. The third kappa shape index (κ3) is 2.94. The van der Waals surface area contributed by atoms with Gasteiger partial charge < -0.3 is 0 Å². The molecule has 5 nitrogen and oxygen atoms in total. The Morgan fingerprint density at radius 3 is 1.48 bits per heavy atom. The van der Waals surface area contributed by atoms with Crippen molar-refractivity contribution in [2.24, 2.45) is 0 Å². The van der Waals surface area contributed by atoms with Crippen molar-refractivity contribution in [1.82, 2.24) is 5.32 Å². The van der Waals surface area contributed by atoms with Gasteiger partial charge in [0.1, 0.15) is 12.1 Å². The van der Waals surface area contributed by atoms with E-state index in [1.807, 2.05) is 12.1 Å². The Hall–Kier alpha value is -3.44. The zero-order valence-corrected chi connectivity index (χ0v) is 10.8. The van der Waals surface area contributed by atoms with Crippen LogP contribution in [-0.2, 0) is 0 Å². The van der Waals surface area contributed by atoms with Crippen molar-refractivity contribution in [1.29, 1.82) is 10.5 Å². The second kappa shape index (κ2) is 6.14. The number of fused-ring (bicyclic) bond motifs is 1. The Labute approximate surface area is 121 Å². The summed E-state index contributed by atoms with van der Waals surface area (Å²) in [7, 11) is 0. The maximum Gasteiger partial charge on any atom is 0.258 e. The first-order valence-electron chi connectivity index (χ1n) is 6.01. The van der Waals surface area contributed by atoms with Gasteiger partial charge in [-0.2, -0.15) is 10.5 Å². The molecule has 21 heavy (non-hydrogen) atoms. The maximum absolute atomic E-state index is 10.9. The van der Waals surface area contributed by atoms with Crippen LogP contribution in [-0.4, -0.2) is 11.8 Å². The summed E-state index contributed by atoms with van der Waals surface area (Å²) in [6.45, 7) is 0. The van der Waals surface area contributed by atoms with Gasteiger partial charge in [0.2, 0.25) is 0 Å². The summed E-state index contributed by atoms with van der Waals surface area (Å²) in [6.07, 6.45) is 0. The number of carbonyl (C=O) groups is 2. The SMILES string of the molecule is N#Cc1ccccc1C#N.O=C1NC(=O)c2ccccc21. The molecular formula is C16H9N3O2. The molecule has 0 saturated carbocycles. The fourth-order valence-electron chi connectivity index (χ4n) is 1.80. The molecule has 100 valence electrons. The summed E-state index contributed by atoms with van der Waals surface area (Å²) in [5.74, 6) is -0.601.